The third kappa shape index (κ3) is 3.75. The summed E-state index contributed by atoms with van der Waals surface area (Å²) in [6.07, 6.45) is 3.76. The Kier molecular flexibility index (Phi) is 4.97. The molecule has 1 aliphatic rings. The molecule has 1 aromatic heterocycles. The average Bonchev–Trinajstić information content (AvgIpc) is 3.34. The van der Waals surface area contributed by atoms with Gasteiger partial charge >= 0.3 is 0 Å². The van der Waals surface area contributed by atoms with Crippen molar-refractivity contribution < 1.29 is 13.3 Å². The quantitative estimate of drug-likeness (QED) is 0.627. The zero-order valence-electron chi connectivity index (χ0n) is 14.6. The maximum absolute atomic E-state index is 13.6. The topological polar surface area (TPSA) is 64.9 Å². The van der Waals surface area contributed by atoms with E-state index >= 15 is 0 Å². The van der Waals surface area contributed by atoms with E-state index in [4.69, 9.17) is 10.3 Å². The molecular weight excluding hydrogens is 368 g/mol. The molecule has 0 spiro atoms. The van der Waals surface area contributed by atoms with Gasteiger partial charge in [0.05, 0.1) is 5.54 Å². The number of halogens is 2. The summed E-state index contributed by atoms with van der Waals surface area (Å²) in [5.41, 5.74) is 6.82. The van der Waals surface area contributed by atoms with Crippen LogP contribution in [0.3, 0.4) is 0 Å². The number of hydrogen-bond donors (Lipinski definition) is 1. The summed E-state index contributed by atoms with van der Waals surface area (Å²) in [5, 5.41) is 3.79. The molecular formula is C20H19F2N3OS. The molecule has 27 heavy (non-hydrogen) atoms. The van der Waals surface area contributed by atoms with Crippen LogP contribution in [0.4, 0.5) is 8.78 Å². The van der Waals surface area contributed by atoms with Gasteiger partial charge in [-0.15, -0.1) is 11.8 Å². The molecule has 0 aliphatic heterocycles. The molecule has 2 aromatic carbocycles. The minimum Gasteiger partial charge on any atom is -0.338 e. The summed E-state index contributed by atoms with van der Waals surface area (Å²) in [6, 6.07) is 13.4. The third-order valence-electron chi connectivity index (χ3n) is 4.85. The molecule has 0 amide bonds. The molecule has 3 aromatic rings. The van der Waals surface area contributed by atoms with Crippen LogP contribution in [0.25, 0.3) is 0 Å². The van der Waals surface area contributed by atoms with Crippen molar-refractivity contribution in [1.82, 2.24) is 10.1 Å². The van der Waals surface area contributed by atoms with Crippen LogP contribution >= 0.6 is 11.8 Å². The molecule has 0 bridgehead atoms. The predicted molar refractivity (Wildman–Crippen MR) is 99.1 cm³/mol. The number of aromatic nitrogens is 2. The maximum atomic E-state index is 13.6. The second kappa shape index (κ2) is 7.40. The normalized spacial score (nSPS) is 17.1. The van der Waals surface area contributed by atoms with E-state index in [0.29, 0.717) is 16.6 Å². The van der Waals surface area contributed by atoms with E-state index in [1.54, 1.807) is 0 Å². The van der Waals surface area contributed by atoms with E-state index in [0.717, 1.165) is 37.3 Å². The number of nitrogens with zero attached hydrogens (tertiary/aromatic N) is 2. The van der Waals surface area contributed by atoms with Crippen LogP contribution in [0.15, 0.2) is 57.9 Å². The summed E-state index contributed by atoms with van der Waals surface area (Å²) < 4.78 is 32.5. The zero-order chi connectivity index (χ0) is 18.9. The Labute approximate surface area is 160 Å². The Morgan fingerprint density at radius 3 is 2.48 bits per heavy atom. The minimum absolute atomic E-state index is 0.345. The number of nitrogens with two attached hydrogens (primary N) is 1. The second-order valence-corrected chi connectivity index (χ2v) is 7.98. The first-order valence-electron chi connectivity index (χ1n) is 8.85. The van der Waals surface area contributed by atoms with Gasteiger partial charge in [-0.25, -0.2) is 8.78 Å². The van der Waals surface area contributed by atoms with E-state index in [9.17, 15) is 8.78 Å². The Morgan fingerprint density at radius 1 is 1.04 bits per heavy atom. The van der Waals surface area contributed by atoms with Gasteiger partial charge in [0.1, 0.15) is 5.25 Å². The molecule has 1 atom stereocenters. The van der Waals surface area contributed by atoms with E-state index in [1.807, 2.05) is 30.3 Å². The molecule has 0 radical (unpaired) electrons. The van der Waals surface area contributed by atoms with Crippen molar-refractivity contribution in [3.63, 3.8) is 0 Å². The van der Waals surface area contributed by atoms with Crippen LogP contribution in [0.5, 0.6) is 0 Å². The van der Waals surface area contributed by atoms with Crippen LogP contribution in [0.1, 0.15) is 48.2 Å². The van der Waals surface area contributed by atoms with Crippen molar-refractivity contribution in [2.45, 2.75) is 41.4 Å². The smallest absolute Gasteiger partial charge is 0.244 e. The fourth-order valence-electron chi connectivity index (χ4n) is 3.35. The van der Waals surface area contributed by atoms with Gasteiger partial charge in [-0.2, -0.15) is 4.98 Å². The standard InChI is InChI=1S/C20H19F2N3OS/c21-15-9-8-14(12-16(15)22)27-17(13-6-2-1-3-7-13)18-24-19(25-26-18)20(23)10-4-5-11-20/h1-3,6-9,12,17H,4-5,10-11,23H2. The van der Waals surface area contributed by atoms with Gasteiger partial charge in [0.15, 0.2) is 17.5 Å². The molecule has 140 valence electrons. The molecule has 4 nitrogen and oxygen atoms in total. The van der Waals surface area contributed by atoms with Crippen LogP contribution < -0.4 is 5.73 Å². The average molecular weight is 387 g/mol. The highest BCUT2D eigenvalue weighted by Crippen LogP contribution is 2.41. The summed E-state index contributed by atoms with van der Waals surface area (Å²) in [6.45, 7) is 0. The van der Waals surface area contributed by atoms with Crippen molar-refractivity contribution in [1.29, 1.82) is 0 Å². The van der Waals surface area contributed by atoms with Crippen molar-refractivity contribution in [2.24, 2.45) is 5.73 Å². The minimum atomic E-state index is -0.884. The molecule has 2 N–H and O–H groups in total. The van der Waals surface area contributed by atoms with E-state index in [2.05, 4.69) is 10.1 Å². The zero-order valence-corrected chi connectivity index (χ0v) is 15.4. The van der Waals surface area contributed by atoms with Crippen LogP contribution in [0, 0.1) is 11.6 Å². The summed E-state index contributed by atoms with van der Waals surface area (Å²) >= 11 is 1.33. The highest BCUT2D eigenvalue weighted by atomic mass is 32.2. The van der Waals surface area contributed by atoms with Gasteiger partial charge in [0.25, 0.3) is 0 Å². The summed E-state index contributed by atoms with van der Waals surface area (Å²) in [4.78, 5) is 5.16. The largest absolute Gasteiger partial charge is 0.338 e. The van der Waals surface area contributed by atoms with Crippen LogP contribution in [-0.4, -0.2) is 10.1 Å². The SMILES string of the molecule is NC1(c2noc(C(Sc3ccc(F)c(F)c3)c3ccccc3)n2)CCCC1. The van der Waals surface area contributed by atoms with Crippen LogP contribution in [-0.2, 0) is 5.54 Å². The molecule has 1 saturated carbocycles. The van der Waals surface area contributed by atoms with E-state index in [1.165, 1.54) is 23.9 Å². The van der Waals surface area contributed by atoms with E-state index < -0.39 is 17.2 Å². The molecule has 1 unspecified atom stereocenters. The van der Waals surface area contributed by atoms with Gasteiger partial charge in [-0.3, -0.25) is 0 Å². The van der Waals surface area contributed by atoms with Gasteiger partial charge in [-0.05, 0) is 36.6 Å². The van der Waals surface area contributed by atoms with Crippen molar-refractivity contribution in [3.8, 4) is 0 Å². The van der Waals surface area contributed by atoms with Crippen molar-refractivity contribution in [2.75, 3.05) is 0 Å². The van der Waals surface area contributed by atoms with Gasteiger partial charge in [0.2, 0.25) is 5.89 Å². The molecule has 4 rings (SSSR count). The van der Waals surface area contributed by atoms with Gasteiger partial charge in [0, 0.05) is 4.90 Å². The predicted octanol–water partition coefficient (Wildman–Crippen LogP) is 4.96. The maximum Gasteiger partial charge on any atom is 0.244 e. The lowest BCUT2D eigenvalue weighted by Gasteiger charge is -2.18. The first-order chi connectivity index (χ1) is 13.0. The Balaban J connectivity index is 1.68. The Morgan fingerprint density at radius 2 is 1.78 bits per heavy atom. The molecule has 7 heteroatoms. The first-order valence-corrected chi connectivity index (χ1v) is 9.73. The summed E-state index contributed by atoms with van der Waals surface area (Å²) in [5.74, 6) is -0.837. The number of hydrogen-bond acceptors (Lipinski definition) is 5. The molecule has 1 aliphatic carbocycles. The Hall–Kier alpha value is -2.25. The van der Waals surface area contributed by atoms with E-state index in [-0.39, 0.29) is 5.25 Å². The number of rotatable bonds is 5. The van der Waals surface area contributed by atoms with Gasteiger partial charge < -0.3 is 10.3 Å². The first kappa shape index (κ1) is 18.1. The monoisotopic (exact) mass is 387 g/mol. The highest BCUT2D eigenvalue weighted by Gasteiger charge is 2.37. The lowest BCUT2D eigenvalue weighted by Crippen LogP contribution is -2.34. The molecule has 1 heterocycles. The third-order valence-corrected chi connectivity index (χ3v) is 6.09. The molecule has 1 fully saturated rings. The fourth-order valence-corrected chi connectivity index (χ4v) is 4.43. The van der Waals surface area contributed by atoms with Crippen molar-refractivity contribution >= 4 is 11.8 Å². The lowest BCUT2D eigenvalue weighted by atomic mass is 9.99. The lowest BCUT2D eigenvalue weighted by molar-refractivity contribution is 0.351. The fraction of sp³-hybridized carbons (Fsp3) is 0.300. The second-order valence-electron chi connectivity index (χ2n) is 6.80. The summed E-state index contributed by atoms with van der Waals surface area (Å²) in [7, 11) is 0. The van der Waals surface area contributed by atoms with Crippen LogP contribution in [0.2, 0.25) is 0 Å². The Bertz CT molecular complexity index is 926. The number of benzene rings is 2. The number of thioether (sulfide) groups is 1. The highest BCUT2D eigenvalue weighted by molar-refractivity contribution is 7.99. The van der Waals surface area contributed by atoms with Crippen molar-refractivity contribution in [3.05, 3.63) is 77.4 Å². The van der Waals surface area contributed by atoms with Gasteiger partial charge in [-0.1, -0.05) is 48.3 Å². The molecule has 0 saturated heterocycles.